The van der Waals surface area contributed by atoms with Crippen molar-refractivity contribution in [2.75, 3.05) is 31.1 Å². The number of carbonyl (C=O) groups is 1. The molecule has 5 nitrogen and oxygen atoms in total. The molecule has 1 aliphatic rings. The average molecular weight is 335 g/mol. The summed E-state index contributed by atoms with van der Waals surface area (Å²) >= 11 is 0. The minimum atomic E-state index is 0.154. The molecule has 25 heavy (non-hydrogen) atoms. The maximum Gasteiger partial charge on any atom is 0.227 e. The van der Waals surface area contributed by atoms with E-state index in [2.05, 4.69) is 9.88 Å². The third kappa shape index (κ3) is 3.05. The van der Waals surface area contributed by atoms with Crippen molar-refractivity contribution >= 4 is 22.5 Å². The molecule has 0 unspecified atom stereocenters. The minimum absolute atomic E-state index is 0.154. The van der Waals surface area contributed by atoms with Crippen LogP contribution in [-0.4, -0.2) is 47.1 Å². The molecule has 2 aromatic carbocycles. The first-order valence-corrected chi connectivity index (χ1v) is 8.58. The Labute approximate surface area is 146 Å². The fourth-order valence-corrected chi connectivity index (χ4v) is 3.48. The molecule has 4 rings (SSSR count). The predicted octanol–water partition coefficient (Wildman–Crippen LogP) is 2.76. The van der Waals surface area contributed by atoms with E-state index in [0.717, 1.165) is 35.2 Å². The Morgan fingerprint density at radius 3 is 2.52 bits per heavy atom. The van der Waals surface area contributed by atoms with Gasteiger partial charge >= 0.3 is 0 Å². The molecule has 1 aromatic heterocycles. The molecule has 5 heteroatoms. The molecule has 0 saturated carbocycles. The second-order valence-electron chi connectivity index (χ2n) is 6.39. The summed E-state index contributed by atoms with van der Waals surface area (Å²) in [5.41, 5.74) is 2.95. The summed E-state index contributed by atoms with van der Waals surface area (Å²) in [5, 5.41) is 11.1. The summed E-state index contributed by atoms with van der Waals surface area (Å²) < 4.78 is 0. The molecule has 1 fully saturated rings. The monoisotopic (exact) mass is 335 g/mol. The van der Waals surface area contributed by atoms with Crippen LogP contribution in [0, 0.1) is 0 Å². The molecule has 3 aromatic rings. The Hall–Kier alpha value is -2.95. The van der Waals surface area contributed by atoms with E-state index in [-0.39, 0.29) is 5.91 Å². The fraction of sp³-hybridized carbons (Fsp3) is 0.250. The van der Waals surface area contributed by atoms with Gasteiger partial charge in [-0.3, -0.25) is 4.79 Å². The zero-order chi connectivity index (χ0) is 17.2. The summed E-state index contributed by atoms with van der Waals surface area (Å²) in [6.45, 7) is 2.82. The summed E-state index contributed by atoms with van der Waals surface area (Å²) in [6, 6.07) is 15.4. The molecule has 128 valence electrons. The number of fused-ring (bicyclic) bond motifs is 1. The summed E-state index contributed by atoms with van der Waals surface area (Å²) in [7, 11) is 0. The molecule has 0 bridgehead atoms. The van der Waals surface area contributed by atoms with Gasteiger partial charge in [-0.1, -0.05) is 30.3 Å². The topological polar surface area (TPSA) is 59.6 Å². The molecule has 0 radical (unpaired) electrons. The van der Waals surface area contributed by atoms with Gasteiger partial charge in [-0.25, -0.2) is 0 Å². The Kier molecular flexibility index (Phi) is 4.06. The highest BCUT2D eigenvalue weighted by molar-refractivity contribution is 5.89. The number of hydrogen-bond donors (Lipinski definition) is 2. The van der Waals surface area contributed by atoms with E-state index in [4.69, 9.17) is 0 Å². The van der Waals surface area contributed by atoms with Crippen LogP contribution < -0.4 is 4.90 Å². The quantitative estimate of drug-likeness (QED) is 0.774. The van der Waals surface area contributed by atoms with Gasteiger partial charge < -0.3 is 19.9 Å². The number of para-hydroxylation sites is 3. The number of amides is 1. The standard InChI is InChI=1S/C20H21N3O2/c24-19-8-4-3-7-18(19)22-9-11-23(12-10-22)20(25)13-15-14-21-17-6-2-1-5-16(15)17/h1-8,14,21,24H,9-13H2. The lowest BCUT2D eigenvalue weighted by molar-refractivity contribution is -0.130. The first kappa shape index (κ1) is 15.6. The van der Waals surface area contributed by atoms with Crippen LogP contribution in [0.15, 0.2) is 54.7 Å². The number of carbonyl (C=O) groups excluding carboxylic acids is 1. The van der Waals surface area contributed by atoms with Gasteiger partial charge in [-0.05, 0) is 23.8 Å². The predicted molar refractivity (Wildman–Crippen MR) is 98.9 cm³/mol. The van der Waals surface area contributed by atoms with E-state index in [9.17, 15) is 9.90 Å². The van der Waals surface area contributed by atoms with Gasteiger partial charge in [-0.15, -0.1) is 0 Å². The molecular weight excluding hydrogens is 314 g/mol. The van der Waals surface area contributed by atoms with Gasteiger partial charge in [-0.2, -0.15) is 0 Å². The molecule has 0 aliphatic carbocycles. The number of piperazine rings is 1. The van der Waals surface area contributed by atoms with E-state index < -0.39 is 0 Å². The number of phenolic OH excluding ortho intramolecular Hbond substituents is 1. The lowest BCUT2D eigenvalue weighted by Gasteiger charge is -2.36. The number of nitrogens with zero attached hydrogens (tertiary/aromatic N) is 2. The number of hydrogen-bond acceptors (Lipinski definition) is 3. The normalized spacial score (nSPS) is 14.9. The van der Waals surface area contributed by atoms with E-state index in [1.54, 1.807) is 6.07 Å². The number of anilines is 1. The SMILES string of the molecule is O=C(Cc1c[nH]c2ccccc12)N1CCN(c2ccccc2O)CC1. The second kappa shape index (κ2) is 6.51. The third-order valence-corrected chi connectivity index (χ3v) is 4.87. The maximum atomic E-state index is 12.7. The number of benzene rings is 2. The Bertz CT molecular complexity index is 895. The highest BCUT2D eigenvalue weighted by Crippen LogP contribution is 2.27. The van der Waals surface area contributed by atoms with E-state index >= 15 is 0 Å². The summed E-state index contributed by atoms with van der Waals surface area (Å²) in [5.74, 6) is 0.447. The third-order valence-electron chi connectivity index (χ3n) is 4.87. The van der Waals surface area contributed by atoms with Gasteiger partial charge in [0.05, 0.1) is 12.1 Å². The van der Waals surface area contributed by atoms with E-state index in [1.807, 2.05) is 53.6 Å². The minimum Gasteiger partial charge on any atom is -0.506 e. The van der Waals surface area contributed by atoms with Crippen LogP contribution in [0.25, 0.3) is 10.9 Å². The van der Waals surface area contributed by atoms with Crippen molar-refractivity contribution in [3.05, 3.63) is 60.3 Å². The average Bonchev–Trinajstić information content (AvgIpc) is 3.05. The van der Waals surface area contributed by atoms with E-state index in [0.29, 0.717) is 25.3 Å². The van der Waals surface area contributed by atoms with Crippen LogP contribution in [0.5, 0.6) is 5.75 Å². The zero-order valence-corrected chi connectivity index (χ0v) is 14.0. The van der Waals surface area contributed by atoms with Crippen molar-refractivity contribution in [3.63, 3.8) is 0 Å². The molecule has 1 saturated heterocycles. The van der Waals surface area contributed by atoms with Crippen LogP contribution in [0.2, 0.25) is 0 Å². The highest BCUT2D eigenvalue weighted by Gasteiger charge is 2.23. The lowest BCUT2D eigenvalue weighted by atomic mass is 10.1. The number of aromatic hydroxyl groups is 1. The van der Waals surface area contributed by atoms with Gasteiger partial charge in [0.25, 0.3) is 0 Å². The largest absolute Gasteiger partial charge is 0.506 e. The molecule has 2 N–H and O–H groups in total. The number of H-pyrrole nitrogens is 1. The summed E-state index contributed by atoms with van der Waals surface area (Å²) in [6.07, 6.45) is 2.35. The van der Waals surface area contributed by atoms with Gasteiger partial charge in [0.1, 0.15) is 5.75 Å². The number of aromatic nitrogens is 1. The van der Waals surface area contributed by atoms with E-state index in [1.165, 1.54) is 0 Å². The van der Waals surface area contributed by atoms with Crippen molar-refractivity contribution < 1.29 is 9.90 Å². The zero-order valence-electron chi connectivity index (χ0n) is 14.0. The smallest absolute Gasteiger partial charge is 0.227 e. The van der Waals surface area contributed by atoms with Gasteiger partial charge in [0.2, 0.25) is 5.91 Å². The van der Waals surface area contributed by atoms with Crippen LogP contribution >= 0.6 is 0 Å². The molecule has 0 atom stereocenters. The highest BCUT2D eigenvalue weighted by atomic mass is 16.3. The van der Waals surface area contributed by atoms with Gasteiger partial charge in [0, 0.05) is 43.3 Å². The number of nitrogens with one attached hydrogen (secondary N) is 1. The summed E-state index contributed by atoms with van der Waals surface area (Å²) in [4.78, 5) is 19.9. The van der Waals surface area contributed by atoms with Crippen molar-refractivity contribution in [1.82, 2.24) is 9.88 Å². The Morgan fingerprint density at radius 2 is 1.72 bits per heavy atom. The Balaban J connectivity index is 1.41. The van der Waals surface area contributed by atoms with Crippen molar-refractivity contribution in [1.29, 1.82) is 0 Å². The Morgan fingerprint density at radius 1 is 1.00 bits per heavy atom. The number of aromatic amines is 1. The fourth-order valence-electron chi connectivity index (χ4n) is 3.48. The first-order chi connectivity index (χ1) is 12.2. The lowest BCUT2D eigenvalue weighted by Crippen LogP contribution is -2.49. The maximum absolute atomic E-state index is 12.7. The van der Waals surface area contributed by atoms with Crippen LogP contribution in [0.1, 0.15) is 5.56 Å². The molecule has 2 heterocycles. The van der Waals surface area contributed by atoms with Gasteiger partial charge in [0.15, 0.2) is 0 Å². The number of rotatable bonds is 3. The molecule has 0 spiro atoms. The van der Waals surface area contributed by atoms with Crippen LogP contribution in [0.4, 0.5) is 5.69 Å². The molecule has 1 amide bonds. The van der Waals surface area contributed by atoms with Crippen LogP contribution in [0.3, 0.4) is 0 Å². The van der Waals surface area contributed by atoms with Crippen molar-refractivity contribution in [2.45, 2.75) is 6.42 Å². The molecule has 1 aliphatic heterocycles. The number of phenols is 1. The molecular formula is C20H21N3O2. The van der Waals surface area contributed by atoms with Crippen LogP contribution in [-0.2, 0) is 11.2 Å². The van der Waals surface area contributed by atoms with Crippen molar-refractivity contribution in [3.8, 4) is 5.75 Å². The first-order valence-electron chi connectivity index (χ1n) is 8.58. The second-order valence-corrected chi connectivity index (χ2v) is 6.39. The van der Waals surface area contributed by atoms with Crippen molar-refractivity contribution in [2.24, 2.45) is 0 Å².